The van der Waals surface area contributed by atoms with E-state index in [0.717, 1.165) is 43.0 Å². The van der Waals surface area contributed by atoms with Crippen molar-refractivity contribution < 1.29 is 13.5 Å². The Kier molecular flexibility index (Phi) is 5.83. The molecule has 0 radical (unpaired) electrons. The van der Waals surface area contributed by atoms with Gasteiger partial charge >= 0.3 is 6.55 Å². The summed E-state index contributed by atoms with van der Waals surface area (Å²) in [5, 5.41) is 0. The third-order valence-electron chi connectivity index (χ3n) is 5.11. The number of hydrogen-bond acceptors (Lipinski definition) is 4. The molecule has 7 heteroatoms. The summed E-state index contributed by atoms with van der Waals surface area (Å²) in [6, 6.07) is 16.9. The van der Waals surface area contributed by atoms with Crippen molar-refractivity contribution in [2.75, 3.05) is 39.3 Å². The smallest absolute Gasteiger partial charge is 0.320 e. The summed E-state index contributed by atoms with van der Waals surface area (Å²) >= 11 is 0. The van der Waals surface area contributed by atoms with Crippen molar-refractivity contribution in [3.05, 3.63) is 60.4 Å². The number of nitrogens with zero attached hydrogens (tertiary/aromatic N) is 4. The minimum Gasteiger partial charge on any atom is -0.492 e. The van der Waals surface area contributed by atoms with E-state index in [4.69, 9.17) is 4.74 Å². The number of imidazole rings is 1. The van der Waals surface area contributed by atoms with Crippen molar-refractivity contribution >= 4 is 11.0 Å². The quantitative estimate of drug-likeness (QED) is 0.621. The van der Waals surface area contributed by atoms with Crippen LogP contribution < -0.4 is 4.74 Å². The predicted octanol–water partition coefficient (Wildman–Crippen LogP) is 3.63. The van der Waals surface area contributed by atoms with Crippen LogP contribution in [0.5, 0.6) is 5.75 Å². The molecule has 148 valence electrons. The molecule has 0 saturated carbocycles. The van der Waals surface area contributed by atoms with Gasteiger partial charge < -0.3 is 4.74 Å². The largest absolute Gasteiger partial charge is 0.492 e. The number of benzene rings is 2. The maximum atomic E-state index is 13.6. The van der Waals surface area contributed by atoms with Gasteiger partial charge in [0, 0.05) is 32.7 Å². The second-order valence-corrected chi connectivity index (χ2v) is 6.94. The first-order valence-corrected chi connectivity index (χ1v) is 9.57. The van der Waals surface area contributed by atoms with Crippen molar-refractivity contribution in [2.45, 2.75) is 13.1 Å². The van der Waals surface area contributed by atoms with Crippen LogP contribution >= 0.6 is 0 Å². The highest BCUT2D eigenvalue weighted by atomic mass is 19.3. The van der Waals surface area contributed by atoms with Gasteiger partial charge in [0.25, 0.3) is 0 Å². The zero-order valence-electron chi connectivity index (χ0n) is 15.7. The lowest BCUT2D eigenvalue weighted by Gasteiger charge is -2.34. The third-order valence-corrected chi connectivity index (χ3v) is 5.11. The van der Waals surface area contributed by atoms with Crippen LogP contribution in [-0.4, -0.2) is 58.7 Å². The van der Waals surface area contributed by atoms with Crippen LogP contribution in [0.4, 0.5) is 8.78 Å². The van der Waals surface area contributed by atoms with Crippen LogP contribution in [0.15, 0.2) is 54.6 Å². The number of para-hydroxylation sites is 3. The van der Waals surface area contributed by atoms with Crippen LogP contribution in [0, 0.1) is 0 Å². The summed E-state index contributed by atoms with van der Waals surface area (Å²) in [7, 11) is 0. The topological polar surface area (TPSA) is 33.5 Å². The summed E-state index contributed by atoms with van der Waals surface area (Å²) < 4.78 is 33.9. The van der Waals surface area contributed by atoms with Crippen molar-refractivity contribution in [2.24, 2.45) is 0 Å². The molecular formula is C21H24F2N4O. The highest BCUT2D eigenvalue weighted by molar-refractivity contribution is 5.75. The molecule has 5 nitrogen and oxygen atoms in total. The Morgan fingerprint density at radius 2 is 1.57 bits per heavy atom. The molecule has 1 fully saturated rings. The van der Waals surface area contributed by atoms with Gasteiger partial charge in [-0.2, -0.15) is 8.78 Å². The molecule has 2 heterocycles. The van der Waals surface area contributed by atoms with Gasteiger partial charge in [0.2, 0.25) is 0 Å². The van der Waals surface area contributed by atoms with Gasteiger partial charge in [0.15, 0.2) is 0 Å². The van der Waals surface area contributed by atoms with Gasteiger partial charge in [-0.05, 0) is 24.3 Å². The Morgan fingerprint density at radius 3 is 2.32 bits per heavy atom. The predicted molar refractivity (Wildman–Crippen MR) is 105 cm³/mol. The molecule has 1 aliphatic heterocycles. The molecule has 2 aromatic carbocycles. The average molecular weight is 386 g/mol. The van der Waals surface area contributed by atoms with Gasteiger partial charge in [-0.1, -0.05) is 30.3 Å². The summed E-state index contributed by atoms with van der Waals surface area (Å²) in [5.41, 5.74) is 1.11. The lowest BCUT2D eigenvalue weighted by Crippen LogP contribution is -2.47. The van der Waals surface area contributed by atoms with Crippen molar-refractivity contribution in [1.29, 1.82) is 0 Å². The molecule has 0 atom stereocenters. The third kappa shape index (κ3) is 4.31. The Morgan fingerprint density at radius 1 is 0.893 bits per heavy atom. The lowest BCUT2D eigenvalue weighted by molar-refractivity contribution is 0.0640. The van der Waals surface area contributed by atoms with E-state index in [2.05, 4.69) is 14.8 Å². The molecule has 1 aromatic heterocycles. The Bertz CT molecular complexity index is 892. The fourth-order valence-electron chi connectivity index (χ4n) is 3.60. The van der Waals surface area contributed by atoms with E-state index in [1.54, 1.807) is 18.2 Å². The van der Waals surface area contributed by atoms with Crippen LogP contribution in [0.25, 0.3) is 11.0 Å². The SMILES string of the molecule is FC(F)n1c(CN2CCN(CCOc3ccccc3)CC2)nc2ccccc21. The Labute approximate surface area is 163 Å². The second kappa shape index (κ2) is 8.67. The highest BCUT2D eigenvalue weighted by Crippen LogP contribution is 2.24. The number of ether oxygens (including phenoxy) is 1. The minimum atomic E-state index is -2.58. The number of rotatable bonds is 7. The molecule has 1 saturated heterocycles. The first kappa shape index (κ1) is 18.8. The van der Waals surface area contributed by atoms with E-state index in [1.165, 1.54) is 0 Å². The average Bonchev–Trinajstić information content (AvgIpc) is 3.08. The highest BCUT2D eigenvalue weighted by Gasteiger charge is 2.22. The van der Waals surface area contributed by atoms with Gasteiger partial charge in [0.1, 0.15) is 18.2 Å². The molecule has 1 aliphatic rings. The Balaban J connectivity index is 1.30. The van der Waals surface area contributed by atoms with Crippen LogP contribution in [-0.2, 0) is 6.54 Å². The van der Waals surface area contributed by atoms with E-state index in [-0.39, 0.29) is 0 Å². The first-order chi connectivity index (χ1) is 13.7. The number of piperazine rings is 1. The number of halogens is 2. The fourth-order valence-corrected chi connectivity index (χ4v) is 3.60. The van der Waals surface area contributed by atoms with Crippen LogP contribution in [0.2, 0.25) is 0 Å². The zero-order valence-corrected chi connectivity index (χ0v) is 15.7. The summed E-state index contributed by atoms with van der Waals surface area (Å²) in [5.74, 6) is 1.31. The first-order valence-electron chi connectivity index (χ1n) is 9.57. The number of hydrogen-bond donors (Lipinski definition) is 0. The van der Waals surface area contributed by atoms with Crippen molar-refractivity contribution in [3.63, 3.8) is 0 Å². The van der Waals surface area contributed by atoms with E-state index in [1.807, 2.05) is 36.4 Å². The molecule has 0 aliphatic carbocycles. The van der Waals surface area contributed by atoms with Gasteiger partial charge in [-0.25, -0.2) is 4.98 Å². The summed E-state index contributed by atoms with van der Waals surface area (Å²) in [4.78, 5) is 8.97. The zero-order chi connectivity index (χ0) is 19.3. The van der Waals surface area contributed by atoms with Crippen LogP contribution in [0.3, 0.4) is 0 Å². The Hall–Kier alpha value is -2.51. The lowest BCUT2D eigenvalue weighted by atomic mass is 10.3. The molecule has 3 aromatic rings. The molecule has 0 bridgehead atoms. The molecule has 0 unspecified atom stereocenters. The van der Waals surface area contributed by atoms with E-state index >= 15 is 0 Å². The van der Waals surface area contributed by atoms with Crippen molar-refractivity contribution in [1.82, 2.24) is 19.4 Å². The minimum absolute atomic E-state index is 0.428. The van der Waals surface area contributed by atoms with Gasteiger partial charge in [0.05, 0.1) is 17.6 Å². The fraction of sp³-hybridized carbons (Fsp3) is 0.381. The van der Waals surface area contributed by atoms with E-state index in [9.17, 15) is 8.78 Å². The van der Waals surface area contributed by atoms with Gasteiger partial charge in [-0.3, -0.25) is 14.4 Å². The standard InChI is InChI=1S/C21H24F2N4O/c22-21(23)27-19-9-5-4-8-18(19)24-20(27)16-26-12-10-25(11-13-26)14-15-28-17-6-2-1-3-7-17/h1-9,21H,10-16H2. The number of alkyl halides is 2. The number of aromatic nitrogens is 2. The molecular weight excluding hydrogens is 362 g/mol. The molecule has 28 heavy (non-hydrogen) atoms. The normalized spacial score (nSPS) is 16.1. The van der Waals surface area contributed by atoms with E-state index < -0.39 is 6.55 Å². The van der Waals surface area contributed by atoms with Gasteiger partial charge in [-0.15, -0.1) is 0 Å². The van der Waals surface area contributed by atoms with E-state index in [0.29, 0.717) is 30.0 Å². The van der Waals surface area contributed by atoms with Crippen LogP contribution in [0.1, 0.15) is 12.4 Å². The molecule has 4 rings (SSSR count). The summed E-state index contributed by atoms with van der Waals surface area (Å²) in [6.45, 7) is 2.81. The summed E-state index contributed by atoms with van der Waals surface area (Å²) in [6.07, 6.45) is 0. The molecule has 0 amide bonds. The molecule has 0 N–H and O–H groups in total. The number of fused-ring (bicyclic) bond motifs is 1. The van der Waals surface area contributed by atoms with Crippen molar-refractivity contribution in [3.8, 4) is 5.75 Å². The molecule has 0 spiro atoms. The maximum absolute atomic E-state index is 13.6. The maximum Gasteiger partial charge on any atom is 0.320 e. The second-order valence-electron chi connectivity index (χ2n) is 6.94. The monoisotopic (exact) mass is 386 g/mol.